The first kappa shape index (κ1) is 14.5. The van der Waals surface area contributed by atoms with Crippen LogP contribution in [0.4, 0.5) is 0 Å². The highest BCUT2D eigenvalue weighted by molar-refractivity contribution is 5.18. The lowest BCUT2D eigenvalue weighted by atomic mass is 10.0. The number of benzene rings is 1. The molecule has 0 amide bonds. The summed E-state index contributed by atoms with van der Waals surface area (Å²) in [6.07, 6.45) is 4.86. The van der Waals surface area contributed by atoms with Crippen LogP contribution in [-0.4, -0.2) is 42.8 Å². The maximum Gasteiger partial charge on any atom is 0.0449 e. The molecular weight excluding hydrogens is 236 g/mol. The van der Waals surface area contributed by atoms with Crippen molar-refractivity contribution in [2.24, 2.45) is 0 Å². The van der Waals surface area contributed by atoms with E-state index in [-0.39, 0.29) is 12.6 Å². The summed E-state index contributed by atoms with van der Waals surface area (Å²) in [5, 5.41) is 12.8. The van der Waals surface area contributed by atoms with Gasteiger partial charge < -0.3 is 15.3 Å². The van der Waals surface area contributed by atoms with Gasteiger partial charge in [0, 0.05) is 25.7 Å². The van der Waals surface area contributed by atoms with Gasteiger partial charge in [0.15, 0.2) is 0 Å². The number of piperidine rings is 1. The van der Waals surface area contributed by atoms with Gasteiger partial charge in [-0.1, -0.05) is 36.8 Å². The largest absolute Gasteiger partial charge is 0.396 e. The van der Waals surface area contributed by atoms with Gasteiger partial charge in [-0.05, 0) is 37.9 Å². The fourth-order valence-corrected chi connectivity index (χ4v) is 2.78. The number of rotatable bonds is 7. The zero-order valence-corrected chi connectivity index (χ0v) is 11.7. The van der Waals surface area contributed by atoms with E-state index in [1.807, 2.05) is 6.07 Å². The molecular formula is C16H26N2O. The summed E-state index contributed by atoms with van der Waals surface area (Å²) in [6.45, 7) is 4.85. The van der Waals surface area contributed by atoms with Crippen molar-refractivity contribution < 1.29 is 5.11 Å². The smallest absolute Gasteiger partial charge is 0.0449 e. The maximum atomic E-state index is 9.20. The first-order chi connectivity index (χ1) is 9.40. The molecule has 1 aliphatic rings. The van der Waals surface area contributed by atoms with Gasteiger partial charge >= 0.3 is 0 Å². The second-order valence-electron chi connectivity index (χ2n) is 5.33. The molecule has 2 N–H and O–H groups in total. The first-order valence-corrected chi connectivity index (χ1v) is 7.51. The highest BCUT2D eigenvalue weighted by Crippen LogP contribution is 2.15. The lowest BCUT2D eigenvalue weighted by Gasteiger charge is -2.27. The Balaban J connectivity index is 1.77. The van der Waals surface area contributed by atoms with Crippen LogP contribution >= 0.6 is 0 Å². The molecule has 3 heteroatoms. The molecule has 1 heterocycles. The fraction of sp³-hybridized carbons (Fsp3) is 0.625. The third-order valence-corrected chi connectivity index (χ3v) is 3.89. The van der Waals surface area contributed by atoms with Crippen LogP contribution < -0.4 is 5.32 Å². The molecule has 0 radical (unpaired) electrons. The number of nitrogens with one attached hydrogen (secondary N) is 1. The molecule has 19 heavy (non-hydrogen) atoms. The second kappa shape index (κ2) is 8.31. The van der Waals surface area contributed by atoms with Gasteiger partial charge in [0.05, 0.1) is 0 Å². The predicted molar refractivity (Wildman–Crippen MR) is 79.2 cm³/mol. The first-order valence-electron chi connectivity index (χ1n) is 7.51. The topological polar surface area (TPSA) is 35.5 Å². The van der Waals surface area contributed by atoms with E-state index in [9.17, 15) is 5.11 Å². The predicted octanol–water partition coefficient (Wildman–Crippen LogP) is 2.19. The number of likely N-dealkylation sites (tertiary alicyclic amines) is 1. The average Bonchev–Trinajstić information content (AvgIpc) is 2.48. The molecule has 1 unspecified atom stereocenters. The van der Waals surface area contributed by atoms with Crippen LogP contribution in [0.25, 0.3) is 0 Å². The van der Waals surface area contributed by atoms with Gasteiger partial charge in [0.2, 0.25) is 0 Å². The molecule has 0 aliphatic carbocycles. The Morgan fingerprint density at radius 1 is 1.11 bits per heavy atom. The summed E-state index contributed by atoms with van der Waals surface area (Å²) in [4.78, 5) is 2.54. The minimum Gasteiger partial charge on any atom is -0.396 e. The zero-order chi connectivity index (χ0) is 13.3. The number of hydrogen-bond donors (Lipinski definition) is 2. The molecule has 1 aliphatic heterocycles. The summed E-state index contributed by atoms with van der Waals surface area (Å²) in [6, 6.07) is 10.7. The summed E-state index contributed by atoms with van der Waals surface area (Å²) in [5.74, 6) is 0. The Morgan fingerprint density at radius 3 is 2.53 bits per heavy atom. The van der Waals surface area contributed by atoms with Gasteiger partial charge in [0.1, 0.15) is 0 Å². The number of aliphatic hydroxyl groups is 1. The van der Waals surface area contributed by atoms with Crippen molar-refractivity contribution in [3.05, 3.63) is 35.9 Å². The molecule has 1 saturated heterocycles. The third kappa shape index (κ3) is 4.94. The van der Waals surface area contributed by atoms with E-state index in [4.69, 9.17) is 0 Å². The van der Waals surface area contributed by atoms with Crippen LogP contribution in [0.15, 0.2) is 30.3 Å². The number of aliphatic hydroxyl groups excluding tert-OH is 1. The van der Waals surface area contributed by atoms with Gasteiger partial charge in [-0.3, -0.25) is 0 Å². The van der Waals surface area contributed by atoms with Crippen LogP contribution in [0.5, 0.6) is 0 Å². The molecule has 1 aromatic carbocycles. The Labute approximate surface area is 116 Å². The highest BCUT2D eigenvalue weighted by Gasteiger charge is 2.12. The van der Waals surface area contributed by atoms with Crippen LogP contribution in [0.1, 0.15) is 37.3 Å². The summed E-state index contributed by atoms with van der Waals surface area (Å²) >= 11 is 0. The molecule has 106 valence electrons. The van der Waals surface area contributed by atoms with E-state index in [0.29, 0.717) is 0 Å². The molecule has 0 bridgehead atoms. The van der Waals surface area contributed by atoms with Gasteiger partial charge in [-0.15, -0.1) is 0 Å². The van der Waals surface area contributed by atoms with Gasteiger partial charge in [0.25, 0.3) is 0 Å². The van der Waals surface area contributed by atoms with E-state index >= 15 is 0 Å². The van der Waals surface area contributed by atoms with Crippen molar-refractivity contribution in [1.82, 2.24) is 10.2 Å². The minimum atomic E-state index is 0.232. The van der Waals surface area contributed by atoms with Crippen molar-refractivity contribution in [2.45, 2.75) is 31.7 Å². The van der Waals surface area contributed by atoms with Crippen LogP contribution in [0.2, 0.25) is 0 Å². The molecule has 0 spiro atoms. The standard InChI is InChI=1S/C16H26N2O/c19-14-9-16(15-7-3-1-4-8-15)17-10-13-18-11-5-2-6-12-18/h1,3-4,7-8,16-17,19H,2,5-6,9-14H2. The van der Waals surface area contributed by atoms with Crippen molar-refractivity contribution >= 4 is 0 Å². The number of nitrogens with zero attached hydrogens (tertiary/aromatic N) is 1. The van der Waals surface area contributed by atoms with E-state index < -0.39 is 0 Å². The lowest BCUT2D eigenvalue weighted by molar-refractivity contribution is 0.220. The number of hydrogen-bond acceptors (Lipinski definition) is 3. The SMILES string of the molecule is OCCC(NCCN1CCCCC1)c1ccccc1. The van der Waals surface area contributed by atoms with Crippen molar-refractivity contribution in [1.29, 1.82) is 0 Å². The van der Waals surface area contributed by atoms with Gasteiger partial charge in [-0.2, -0.15) is 0 Å². The lowest BCUT2D eigenvalue weighted by Crippen LogP contribution is -2.37. The molecule has 1 aromatic rings. The molecule has 3 nitrogen and oxygen atoms in total. The maximum absolute atomic E-state index is 9.20. The van der Waals surface area contributed by atoms with Crippen LogP contribution in [0.3, 0.4) is 0 Å². The van der Waals surface area contributed by atoms with Crippen molar-refractivity contribution in [3.8, 4) is 0 Å². The summed E-state index contributed by atoms with van der Waals surface area (Å²) < 4.78 is 0. The Bertz CT molecular complexity index is 336. The normalized spacial score (nSPS) is 18.4. The average molecular weight is 262 g/mol. The van der Waals surface area contributed by atoms with Crippen LogP contribution in [0, 0.1) is 0 Å². The highest BCUT2D eigenvalue weighted by atomic mass is 16.3. The molecule has 0 aromatic heterocycles. The molecule has 1 atom stereocenters. The monoisotopic (exact) mass is 262 g/mol. The van der Waals surface area contributed by atoms with Gasteiger partial charge in [-0.25, -0.2) is 0 Å². The fourth-order valence-electron chi connectivity index (χ4n) is 2.78. The summed E-state index contributed by atoms with van der Waals surface area (Å²) in [5.41, 5.74) is 1.27. The van der Waals surface area contributed by atoms with E-state index in [1.54, 1.807) is 0 Å². The molecule has 0 saturated carbocycles. The van der Waals surface area contributed by atoms with Crippen molar-refractivity contribution in [3.63, 3.8) is 0 Å². The van der Waals surface area contributed by atoms with Crippen LogP contribution in [-0.2, 0) is 0 Å². The Morgan fingerprint density at radius 2 is 1.84 bits per heavy atom. The Hall–Kier alpha value is -0.900. The molecule has 2 rings (SSSR count). The van der Waals surface area contributed by atoms with Crippen molar-refractivity contribution in [2.75, 3.05) is 32.8 Å². The zero-order valence-electron chi connectivity index (χ0n) is 11.7. The minimum absolute atomic E-state index is 0.232. The molecule has 1 fully saturated rings. The third-order valence-electron chi connectivity index (χ3n) is 3.89. The van der Waals surface area contributed by atoms with E-state index in [1.165, 1.54) is 37.9 Å². The second-order valence-corrected chi connectivity index (χ2v) is 5.33. The quantitative estimate of drug-likeness (QED) is 0.790. The van der Waals surface area contributed by atoms with E-state index in [0.717, 1.165) is 19.5 Å². The summed E-state index contributed by atoms with van der Waals surface area (Å²) in [7, 11) is 0. The Kier molecular flexibility index (Phi) is 6.34. The van der Waals surface area contributed by atoms with E-state index in [2.05, 4.69) is 34.5 Å².